The van der Waals surface area contributed by atoms with Crippen LogP contribution in [0.4, 0.5) is 5.82 Å². The van der Waals surface area contributed by atoms with E-state index in [4.69, 9.17) is 0 Å². The number of anilines is 1. The largest absolute Gasteiger partial charge is 0.392 e. The second kappa shape index (κ2) is 7.61. The van der Waals surface area contributed by atoms with Gasteiger partial charge in [0.05, 0.1) is 12.3 Å². The van der Waals surface area contributed by atoms with Crippen molar-refractivity contribution >= 4 is 11.7 Å². The number of hydrogen-bond donors (Lipinski definition) is 2. The SMILES string of the molecule is CC(=O)NC1CCN(c2cc(-c3ccc(C)c(CO)c3)ncn2)CC1. The predicted octanol–water partition coefficient (Wildman–Crippen LogP) is 2.05. The molecule has 6 nitrogen and oxygen atoms in total. The van der Waals surface area contributed by atoms with Crippen LogP contribution in [-0.4, -0.2) is 40.1 Å². The summed E-state index contributed by atoms with van der Waals surface area (Å²) in [4.78, 5) is 22.2. The Bertz CT molecular complexity index is 755. The third-order valence-corrected chi connectivity index (χ3v) is 4.69. The quantitative estimate of drug-likeness (QED) is 0.891. The number of carbonyl (C=O) groups is 1. The Morgan fingerprint density at radius 2 is 2.04 bits per heavy atom. The van der Waals surface area contributed by atoms with Crippen LogP contribution < -0.4 is 10.2 Å². The van der Waals surface area contributed by atoms with Crippen LogP contribution >= 0.6 is 0 Å². The Balaban J connectivity index is 1.75. The minimum absolute atomic E-state index is 0.0221. The summed E-state index contributed by atoms with van der Waals surface area (Å²) in [6.45, 7) is 5.29. The molecule has 0 atom stereocenters. The van der Waals surface area contributed by atoms with Crippen molar-refractivity contribution in [3.8, 4) is 11.3 Å². The van der Waals surface area contributed by atoms with Crippen molar-refractivity contribution in [3.63, 3.8) is 0 Å². The Morgan fingerprint density at radius 1 is 1.28 bits per heavy atom. The van der Waals surface area contributed by atoms with E-state index in [0.29, 0.717) is 0 Å². The van der Waals surface area contributed by atoms with Gasteiger partial charge in [0, 0.05) is 37.7 Å². The van der Waals surface area contributed by atoms with Crippen LogP contribution in [0, 0.1) is 6.92 Å². The van der Waals surface area contributed by atoms with E-state index in [1.807, 2.05) is 31.2 Å². The first kappa shape index (κ1) is 17.4. The van der Waals surface area contributed by atoms with Crippen LogP contribution in [0.2, 0.25) is 0 Å². The minimum Gasteiger partial charge on any atom is -0.392 e. The molecule has 0 bridgehead atoms. The number of aliphatic hydroxyl groups is 1. The lowest BCUT2D eigenvalue weighted by Gasteiger charge is -2.33. The Morgan fingerprint density at radius 3 is 2.72 bits per heavy atom. The van der Waals surface area contributed by atoms with Crippen molar-refractivity contribution in [2.45, 2.75) is 39.3 Å². The molecular formula is C19H24N4O2. The lowest BCUT2D eigenvalue weighted by Crippen LogP contribution is -2.44. The molecule has 25 heavy (non-hydrogen) atoms. The summed E-state index contributed by atoms with van der Waals surface area (Å²) in [6, 6.07) is 8.24. The van der Waals surface area contributed by atoms with Gasteiger partial charge in [-0.15, -0.1) is 0 Å². The zero-order chi connectivity index (χ0) is 17.8. The molecule has 2 N–H and O–H groups in total. The number of carbonyl (C=O) groups excluding carboxylic acids is 1. The molecule has 1 saturated heterocycles. The number of benzene rings is 1. The van der Waals surface area contributed by atoms with Crippen molar-refractivity contribution in [2.75, 3.05) is 18.0 Å². The van der Waals surface area contributed by atoms with Crippen molar-refractivity contribution in [1.82, 2.24) is 15.3 Å². The second-order valence-corrected chi connectivity index (χ2v) is 6.52. The summed E-state index contributed by atoms with van der Waals surface area (Å²) in [6.07, 6.45) is 3.42. The summed E-state index contributed by atoms with van der Waals surface area (Å²) < 4.78 is 0. The summed E-state index contributed by atoms with van der Waals surface area (Å²) in [5.74, 6) is 0.930. The third-order valence-electron chi connectivity index (χ3n) is 4.69. The van der Waals surface area contributed by atoms with Gasteiger partial charge in [-0.1, -0.05) is 12.1 Å². The van der Waals surface area contributed by atoms with Gasteiger partial charge in [0.15, 0.2) is 0 Å². The number of piperidine rings is 1. The normalized spacial score (nSPS) is 15.2. The van der Waals surface area contributed by atoms with E-state index in [-0.39, 0.29) is 18.6 Å². The molecule has 1 aromatic heterocycles. The monoisotopic (exact) mass is 340 g/mol. The number of hydrogen-bond acceptors (Lipinski definition) is 5. The second-order valence-electron chi connectivity index (χ2n) is 6.52. The highest BCUT2D eigenvalue weighted by Gasteiger charge is 2.21. The Hall–Kier alpha value is -2.47. The first-order valence-corrected chi connectivity index (χ1v) is 8.61. The van der Waals surface area contributed by atoms with Crippen LogP contribution in [0.15, 0.2) is 30.6 Å². The molecule has 6 heteroatoms. The van der Waals surface area contributed by atoms with Gasteiger partial charge in [-0.25, -0.2) is 9.97 Å². The van der Waals surface area contributed by atoms with Gasteiger partial charge >= 0.3 is 0 Å². The van der Waals surface area contributed by atoms with E-state index in [1.165, 1.54) is 0 Å². The van der Waals surface area contributed by atoms with E-state index in [1.54, 1.807) is 13.3 Å². The van der Waals surface area contributed by atoms with Crippen LogP contribution in [-0.2, 0) is 11.4 Å². The minimum atomic E-state index is 0.0221. The van der Waals surface area contributed by atoms with Crippen LogP contribution in [0.5, 0.6) is 0 Å². The topological polar surface area (TPSA) is 78.4 Å². The molecule has 3 rings (SSSR count). The average Bonchev–Trinajstić information content (AvgIpc) is 2.62. The number of rotatable bonds is 4. The molecule has 2 heterocycles. The third kappa shape index (κ3) is 4.14. The highest BCUT2D eigenvalue weighted by atomic mass is 16.3. The fourth-order valence-corrected chi connectivity index (χ4v) is 3.22. The van der Waals surface area contributed by atoms with Crippen molar-refractivity contribution in [1.29, 1.82) is 0 Å². The number of aryl methyl sites for hydroxylation is 1. The molecule has 0 radical (unpaired) electrons. The van der Waals surface area contributed by atoms with Crippen molar-refractivity contribution < 1.29 is 9.90 Å². The van der Waals surface area contributed by atoms with Crippen molar-refractivity contribution in [2.24, 2.45) is 0 Å². The fourth-order valence-electron chi connectivity index (χ4n) is 3.22. The van der Waals surface area contributed by atoms with Gasteiger partial charge in [0.1, 0.15) is 12.1 Å². The molecule has 1 aromatic carbocycles. The Labute approximate surface area is 147 Å². The molecule has 0 aliphatic carbocycles. The van der Waals surface area contributed by atoms with Crippen LogP contribution in [0.3, 0.4) is 0 Å². The number of amides is 1. The molecule has 2 aromatic rings. The van der Waals surface area contributed by atoms with E-state index < -0.39 is 0 Å². The maximum Gasteiger partial charge on any atom is 0.217 e. The molecule has 1 fully saturated rings. The molecule has 0 saturated carbocycles. The number of aromatic nitrogens is 2. The highest BCUT2D eigenvalue weighted by Crippen LogP contribution is 2.25. The lowest BCUT2D eigenvalue weighted by atomic mass is 10.0. The molecule has 0 unspecified atom stereocenters. The van der Waals surface area contributed by atoms with E-state index in [2.05, 4.69) is 20.2 Å². The standard InChI is InChI=1S/C19H24N4O2/c1-13-3-4-15(9-16(13)11-24)18-10-19(21-12-20-18)23-7-5-17(6-8-23)22-14(2)25/h3-4,9-10,12,17,24H,5-8,11H2,1-2H3,(H,22,25). The summed E-state index contributed by atoms with van der Waals surface area (Å²) in [7, 11) is 0. The molecule has 132 valence electrons. The summed E-state index contributed by atoms with van der Waals surface area (Å²) in [5, 5.41) is 12.5. The lowest BCUT2D eigenvalue weighted by molar-refractivity contribution is -0.119. The molecule has 1 aliphatic rings. The van der Waals surface area contributed by atoms with Crippen LogP contribution in [0.1, 0.15) is 30.9 Å². The van der Waals surface area contributed by atoms with Gasteiger partial charge < -0.3 is 15.3 Å². The predicted molar refractivity (Wildman–Crippen MR) is 97.2 cm³/mol. The maximum atomic E-state index is 11.2. The number of aliphatic hydroxyl groups excluding tert-OH is 1. The van der Waals surface area contributed by atoms with E-state index in [9.17, 15) is 9.90 Å². The zero-order valence-electron chi connectivity index (χ0n) is 14.7. The summed E-state index contributed by atoms with van der Waals surface area (Å²) >= 11 is 0. The zero-order valence-corrected chi connectivity index (χ0v) is 14.7. The van der Waals surface area contributed by atoms with Crippen molar-refractivity contribution in [3.05, 3.63) is 41.7 Å². The first-order chi connectivity index (χ1) is 12.1. The molecular weight excluding hydrogens is 316 g/mol. The van der Waals surface area contributed by atoms with Crippen LogP contribution in [0.25, 0.3) is 11.3 Å². The van der Waals surface area contributed by atoms with Gasteiger partial charge in [-0.05, 0) is 37.0 Å². The fraction of sp³-hybridized carbons (Fsp3) is 0.421. The number of nitrogens with one attached hydrogen (secondary N) is 1. The molecule has 1 aliphatic heterocycles. The van der Waals surface area contributed by atoms with Gasteiger partial charge in [-0.2, -0.15) is 0 Å². The maximum absolute atomic E-state index is 11.2. The molecule has 0 spiro atoms. The summed E-state index contributed by atoms with van der Waals surface area (Å²) in [5.41, 5.74) is 3.81. The smallest absolute Gasteiger partial charge is 0.217 e. The average molecular weight is 340 g/mol. The van der Waals surface area contributed by atoms with Gasteiger partial charge in [0.25, 0.3) is 0 Å². The van der Waals surface area contributed by atoms with Gasteiger partial charge in [-0.3, -0.25) is 4.79 Å². The molecule has 1 amide bonds. The first-order valence-electron chi connectivity index (χ1n) is 8.61. The van der Waals surface area contributed by atoms with Gasteiger partial charge in [0.2, 0.25) is 5.91 Å². The van der Waals surface area contributed by atoms with E-state index in [0.717, 1.165) is 54.1 Å². The highest BCUT2D eigenvalue weighted by molar-refractivity contribution is 5.73. The Kier molecular flexibility index (Phi) is 5.28. The number of nitrogens with zero attached hydrogens (tertiary/aromatic N) is 3. The van der Waals surface area contributed by atoms with E-state index >= 15 is 0 Å².